The van der Waals surface area contributed by atoms with Crippen molar-refractivity contribution >= 4 is 11.3 Å². The zero-order valence-electron chi connectivity index (χ0n) is 16.8. The summed E-state index contributed by atoms with van der Waals surface area (Å²) in [5, 5.41) is 12.3. The van der Waals surface area contributed by atoms with Crippen LogP contribution in [0.15, 0.2) is 36.7 Å². The van der Waals surface area contributed by atoms with E-state index in [-0.39, 0.29) is 6.04 Å². The van der Waals surface area contributed by atoms with Crippen LogP contribution in [0.2, 0.25) is 0 Å². The molecule has 1 N–H and O–H groups in total. The van der Waals surface area contributed by atoms with Gasteiger partial charge in [0.1, 0.15) is 5.69 Å². The minimum atomic E-state index is 0.249. The highest BCUT2D eigenvalue weighted by molar-refractivity contribution is 5.82. The van der Waals surface area contributed by atoms with E-state index in [1.807, 2.05) is 42.9 Å². The van der Waals surface area contributed by atoms with Crippen LogP contribution in [-0.2, 0) is 4.74 Å². The zero-order valence-corrected chi connectivity index (χ0v) is 16.8. The Morgan fingerprint density at radius 2 is 2.00 bits per heavy atom. The Hall–Kier alpha value is -3.26. The fourth-order valence-corrected chi connectivity index (χ4v) is 3.75. The number of pyridine rings is 1. The van der Waals surface area contributed by atoms with Crippen LogP contribution in [0.1, 0.15) is 18.3 Å². The van der Waals surface area contributed by atoms with Gasteiger partial charge in [-0.05, 0) is 39.0 Å². The van der Waals surface area contributed by atoms with Crippen molar-refractivity contribution in [2.75, 3.05) is 24.7 Å². The zero-order chi connectivity index (χ0) is 20.0. The van der Waals surface area contributed by atoms with E-state index < -0.39 is 0 Å². The van der Waals surface area contributed by atoms with E-state index in [0.29, 0.717) is 13.2 Å². The van der Waals surface area contributed by atoms with Crippen LogP contribution in [0.25, 0.3) is 28.2 Å². The molecule has 5 heterocycles. The van der Waals surface area contributed by atoms with Crippen molar-refractivity contribution in [2.45, 2.75) is 26.8 Å². The lowest BCUT2D eigenvalue weighted by molar-refractivity contribution is 0.0984. The average Bonchev–Trinajstić information content (AvgIpc) is 3.34. The third kappa shape index (κ3) is 3.15. The summed E-state index contributed by atoms with van der Waals surface area (Å²) in [7, 11) is 0. The summed E-state index contributed by atoms with van der Waals surface area (Å²) in [6.07, 6.45) is 3.77. The number of fused-ring (bicyclic) bond motifs is 1. The molecule has 0 radical (unpaired) electrons. The quantitative estimate of drug-likeness (QED) is 0.580. The molecule has 0 saturated carbocycles. The van der Waals surface area contributed by atoms with E-state index in [0.717, 1.165) is 51.9 Å². The van der Waals surface area contributed by atoms with Crippen molar-refractivity contribution in [1.82, 2.24) is 29.8 Å². The van der Waals surface area contributed by atoms with Gasteiger partial charge in [-0.3, -0.25) is 10.1 Å². The average molecular weight is 389 g/mol. The maximum Gasteiger partial charge on any atom is 0.179 e. The molecule has 1 aliphatic rings. The second kappa shape index (κ2) is 6.97. The molecule has 0 spiro atoms. The fourth-order valence-electron chi connectivity index (χ4n) is 3.75. The molecule has 1 fully saturated rings. The van der Waals surface area contributed by atoms with Crippen LogP contribution in [-0.4, -0.2) is 55.6 Å². The van der Waals surface area contributed by atoms with E-state index in [4.69, 9.17) is 9.84 Å². The molecular weight excluding hydrogens is 366 g/mol. The van der Waals surface area contributed by atoms with Gasteiger partial charge in [0.2, 0.25) is 0 Å². The lowest BCUT2D eigenvalue weighted by atomic mass is 10.1. The van der Waals surface area contributed by atoms with E-state index in [2.05, 4.69) is 44.1 Å². The molecule has 0 amide bonds. The molecule has 0 aromatic carbocycles. The van der Waals surface area contributed by atoms with Gasteiger partial charge in [-0.15, -0.1) is 5.10 Å². The molecular formula is C21H23N7O. The van der Waals surface area contributed by atoms with Crippen molar-refractivity contribution < 1.29 is 4.74 Å². The third-order valence-electron chi connectivity index (χ3n) is 5.32. The van der Waals surface area contributed by atoms with Crippen LogP contribution in [0.5, 0.6) is 0 Å². The van der Waals surface area contributed by atoms with Gasteiger partial charge < -0.3 is 9.64 Å². The van der Waals surface area contributed by atoms with Gasteiger partial charge in [0.25, 0.3) is 0 Å². The Labute approximate surface area is 168 Å². The Balaban J connectivity index is 1.73. The van der Waals surface area contributed by atoms with E-state index in [1.54, 1.807) is 0 Å². The standard InChI is InChI=1S/C21H23N7O/c1-13-4-5-16(10-22-13)17-9-20(27-6-7-29-12-15(27)3)26-28-19(17)11-23-21(28)18-8-14(2)24-25-18/h4-5,8-11,15H,6-7,12H2,1-3H3,(H,24,25). The molecule has 148 valence electrons. The first kappa shape index (κ1) is 17.8. The molecule has 8 nitrogen and oxygen atoms in total. The highest BCUT2D eigenvalue weighted by Gasteiger charge is 2.23. The van der Waals surface area contributed by atoms with Crippen molar-refractivity contribution in [3.8, 4) is 22.6 Å². The number of ether oxygens (including phenoxy) is 1. The molecule has 8 heteroatoms. The number of aromatic amines is 1. The fraction of sp³-hybridized carbons (Fsp3) is 0.333. The maximum absolute atomic E-state index is 5.62. The Morgan fingerprint density at radius 3 is 2.72 bits per heavy atom. The Kier molecular flexibility index (Phi) is 4.28. The first-order valence-electron chi connectivity index (χ1n) is 9.79. The molecule has 1 atom stereocenters. The minimum absolute atomic E-state index is 0.249. The summed E-state index contributed by atoms with van der Waals surface area (Å²) in [6, 6.07) is 8.48. The topological polar surface area (TPSA) is 84.2 Å². The molecule has 5 rings (SSSR count). The molecule has 4 aromatic heterocycles. The number of hydrogen-bond donors (Lipinski definition) is 1. The van der Waals surface area contributed by atoms with E-state index >= 15 is 0 Å². The SMILES string of the molecule is Cc1ccc(-c2cc(N3CCOCC3C)nn3c(-c4cc(C)n[nH]4)ncc23)cn1. The summed E-state index contributed by atoms with van der Waals surface area (Å²) < 4.78 is 7.52. The lowest BCUT2D eigenvalue weighted by Gasteiger charge is -2.34. The third-order valence-corrected chi connectivity index (χ3v) is 5.32. The van der Waals surface area contributed by atoms with Crippen LogP contribution in [0.3, 0.4) is 0 Å². The highest BCUT2D eigenvalue weighted by atomic mass is 16.5. The van der Waals surface area contributed by atoms with E-state index in [9.17, 15) is 0 Å². The normalized spacial score (nSPS) is 17.2. The second-order valence-corrected chi connectivity index (χ2v) is 7.52. The molecule has 1 aliphatic heterocycles. The van der Waals surface area contributed by atoms with Crippen molar-refractivity contribution in [2.24, 2.45) is 0 Å². The number of anilines is 1. The molecule has 0 aliphatic carbocycles. The lowest BCUT2D eigenvalue weighted by Crippen LogP contribution is -2.44. The van der Waals surface area contributed by atoms with Crippen LogP contribution >= 0.6 is 0 Å². The summed E-state index contributed by atoms with van der Waals surface area (Å²) in [4.78, 5) is 11.4. The van der Waals surface area contributed by atoms with Gasteiger partial charge in [-0.2, -0.15) is 5.10 Å². The van der Waals surface area contributed by atoms with Gasteiger partial charge in [0.05, 0.1) is 36.7 Å². The number of H-pyrrole nitrogens is 1. The monoisotopic (exact) mass is 389 g/mol. The van der Waals surface area contributed by atoms with Gasteiger partial charge in [0.15, 0.2) is 11.6 Å². The number of nitrogens with one attached hydrogen (secondary N) is 1. The molecule has 4 aromatic rings. The van der Waals surface area contributed by atoms with Gasteiger partial charge in [0, 0.05) is 29.6 Å². The molecule has 0 bridgehead atoms. The Bertz CT molecular complexity index is 1160. The Morgan fingerprint density at radius 1 is 1.10 bits per heavy atom. The smallest absolute Gasteiger partial charge is 0.179 e. The number of hydrogen-bond acceptors (Lipinski definition) is 6. The predicted octanol–water partition coefficient (Wildman–Crippen LogP) is 3.02. The predicted molar refractivity (Wildman–Crippen MR) is 111 cm³/mol. The van der Waals surface area contributed by atoms with Gasteiger partial charge >= 0.3 is 0 Å². The van der Waals surface area contributed by atoms with Gasteiger partial charge in [-0.1, -0.05) is 6.07 Å². The molecule has 1 unspecified atom stereocenters. The van der Waals surface area contributed by atoms with Crippen molar-refractivity contribution in [1.29, 1.82) is 0 Å². The summed E-state index contributed by atoms with van der Waals surface area (Å²) >= 11 is 0. The maximum atomic E-state index is 5.62. The first-order chi connectivity index (χ1) is 14.1. The number of aromatic nitrogens is 6. The number of imidazole rings is 1. The van der Waals surface area contributed by atoms with Gasteiger partial charge in [-0.25, -0.2) is 9.50 Å². The van der Waals surface area contributed by atoms with Crippen LogP contribution in [0.4, 0.5) is 5.82 Å². The second-order valence-electron chi connectivity index (χ2n) is 7.52. The summed E-state index contributed by atoms with van der Waals surface area (Å²) in [5.74, 6) is 1.64. The highest BCUT2D eigenvalue weighted by Crippen LogP contribution is 2.31. The van der Waals surface area contributed by atoms with E-state index in [1.165, 1.54) is 0 Å². The first-order valence-corrected chi connectivity index (χ1v) is 9.79. The number of aryl methyl sites for hydroxylation is 2. The van der Waals surface area contributed by atoms with Crippen molar-refractivity contribution in [3.63, 3.8) is 0 Å². The number of morpholine rings is 1. The van der Waals surface area contributed by atoms with Crippen LogP contribution < -0.4 is 4.90 Å². The largest absolute Gasteiger partial charge is 0.377 e. The molecule has 1 saturated heterocycles. The van der Waals surface area contributed by atoms with Crippen molar-refractivity contribution in [3.05, 3.63) is 48.0 Å². The summed E-state index contributed by atoms with van der Waals surface area (Å²) in [5.41, 5.74) is 5.77. The number of nitrogens with zero attached hydrogens (tertiary/aromatic N) is 6. The minimum Gasteiger partial charge on any atom is -0.377 e. The summed E-state index contributed by atoms with van der Waals surface area (Å²) in [6.45, 7) is 8.29. The van der Waals surface area contributed by atoms with Crippen LogP contribution in [0, 0.1) is 13.8 Å². The molecule has 29 heavy (non-hydrogen) atoms. The number of rotatable bonds is 3.